The van der Waals surface area contributed by atoms with Crippen molar-refractivity contribution < 1.29 is 9.47 Å². The maximum Gasteiger partial charge on any atom is 0.123 e. The number of hydrogen-bond acceptors (Lipinski definition) is 2. The molecule has 2 rings (SSSR count). The fraction of sp³-hybridized carbons (Fsp3) is 0.625. The third-order valence-corrected chi connectivity index (χ3v) is 4.11. The molecule has 106 valence electrons. The molecule has 0 saturated carbocycles. The van der Waals surface area contributed by atoms with Crippen molar-refractivity contribution in [1.29, 1.82) is 0 Å². The van der Waals surface area contributed by atoms with Gasteiger partial charge in [-0.3, -0.25) is 0 Å². The summed E-state index contributed by atoms with van der Waals surface area (Å²) in [4.78, 5) is 0. The molecule has 1 aromatic carbocycles. The van der Waals surface area contributed by atoms with Crippen molar-refractivity contribution >= 4 is 11.6 Å². The van der Waals surface area contributed by atoms with Gasteiger partial charge in [0.2, 0.25) is 0 Å². The van der Waals surface area contributed by atoms with E-state index in [0.29, 0.717) is 18.1 Å². The van der Waals surface area contributed by atoms with Gasteiger partial charge in [0, 0.05) is 5.02 Å². The van der Waals surface area contributed by atoms with Gasteiger partial charge in [-0.15, -0.1) is 0 Å². The van der Waals surface area contributed by atoms with Crippen LogP contribution in [0.5, 0.6) is 5.75 Å². The van der Waals surface area contributed by atoms with Gasteiger partial charge in [0.25, 0.3) is 0 Å². The van der Waals surface area contributed by atoms with Gasteiger partial charge in [0.15, 0.2) is 0 Å². The smallest absolute Gasteiger partial charge is 0.123 e. The molecule has 19 heavy (non-hydrogen) atoms. The number of ether oxygens (including phenoxy) is 2. The van der Waals surface area contributed by atoms with Gasteiger partial charge in [-0.1, -0.05) is 25.4 Å². The minimum Gasteiger partial charge on any atom is -0.493 e. The SMILES string of the molecule is CCCOc1cc(C)c(Cl)cc1C(C)CC1OC1C. The van der Waals surface area contributed by atoms with Crippen molar-refractivity contribution in [2.24, 2.45) is 0 Å². The summed E-state index contributed by atoms with van der Waals surface area (Å²) < 4.78 is 11.4. The van der Waals surface area contributed by atoms with E-state index >= 15 is 0 Å². The molecule has 0 aromatic heterocycles. The first-order chi connectivity index (χ1) is 9.02. The quantitative estimate of drug-likeness (QED) is 0.704. The van der Waals surface area contributed by atoms with Crippen LogP contribution in [0.25, 0.3) is 0 Å². The van der Waals surface area contributed by atoms with Crippen molar-refractivity contribution in [3.63, 3.8) is 0 Å². The van der Waals surface area contributed by atoms with Crippen LogP contribution in [0.15, 0.2) is 12.1 Å². The van der Waals surface area contributed by atoms with E-state index in [-0.39, 0.29) is 0 Å². The summed E-state index contributed by atoms with van der Waals surface area (Å²) in [5.74, 6) is 1.38. The summed E-state index contributed by atoms with van der Waals surface area (Å²) in [6.45, 7) is 9.21. The number of benzene rings is 1. The van der Waals surface area contributed by atoms with Crippen LogP contribution in [0, 0.1) is 6.92 Å². The van der Waals surface area contributed by atoms with E-state index in [0.717, 1.165) is 35.8 Å². The van der Waals surface area contributed by atoms with Crippen LogP contribution >= 0.6 is 11.6 Å². The highest BCUT2D eigenvalue weighted by atomic mass is 35.5. The largest absolute Gasteiger partial charge is 0.493 e. The Labute approximate surface area is 121 Å². The molecule has 3 atom stereocenters. The number of rotatable bonds is 6. The van der Waals surface area contributed by atoms with E-state index in [1.54, 1.807) is 0 Å². The first-order valence-corrected chi connectivity index (χ1v) is 7.49. The van der Waals surface area contributed by atoms with Crippen molar-refractivity contribution in [3.05, 3.63) is 28.3 Å². The molecule has 3 unspecified atom stereocenters. The molecular formula is C16H23ClO2. The lowest BCUT2D eigenvalue weighted by atomic mass is 9.93. The van der Waals surface area contributed by atoms with Gasteiger partial charge < -0.3 is 9.47 Å². The Bertz CT molecular complexity index is 445. The summed E-state index contributed by atoms with van der Waals surface area (Å²) in [6.07, 6.45) is 2.85. The summed E-state index contributed by atoms with van der Waals surface area (Å²) in [5, 5.41) is 0.815. The second kappa shape index (κ2) is 6.15. The molecular weight excluding hydrogens is 260 g/mol. The molecule has 1 aliphatic rings. The standard InChI is InChI=1S/C16H23ClO2/c1-5-6-18-16-8-11(3)14(17)9-13(16)10(2)7-15-12(4)19-15/h8-10,12,15H,5-7H2,1-4H3. The molecule has 2 nitrogen and oxygen atoms in total. The van der Waals surface area contributed by atoms with E-state index in [4.69, 9.17) is 21.1 Å². The average Bonchev–Trinajstić information content (AvgIpc) is 3.05. The minimum atomic E-state index is 0.397. The number of hydrogen-bond donors (Lipinski definition) is 0. The van der Waals surface area contributed by atoms with E-state index in [9.17, 15) is 0 Å². The van der Waals surface area contributed by atoms with Crippen LogP contribution < -0.4 is 4.74 Å². The molecule has 0 amide bonds. The third-order valence-electron chi connectivity index (χ3n) is 3.71. The summed E-state index contributed by atoms with van der Waals surface area (Å²) in [6, 6.07) is 4.11. The zero-order valence-electron chi connectivity index (χ0n) is 12.2. The second-order valence-corrected chi connectivity index (χ2v) is 5.91. The Morgan fingerprint density at radius 2 is 2.11 bits per heavy atom. The van der Waals surface area contributed by atoms with Gasteiger partial charge in [-0.2, -0.15) is 0 Å². The van der Waals surface area contributed by atoms with E-state index in [1.165, 1.54) is 5.56 Å². The zero-order valence-corrected chi connectivity index (χ0v) is 13.0. The molecule has 1 fully saturated rings. The Kier molecular flexibility index (Phi) is 4.75. The molecule has 3 heteroatoms. The number of aryl methyl sites for hydroxylation is 1. The van der Waals surface area contributed by atoms with E-state index in [2.05, 4.69) is 32.9 Å². The Morgan fingerprint density at radius 1 is 1.42 bits per heavy atom. The maximum absolute atomic E-state index is 6.26. The van der Waals surface area contributed by atoms with Crippen LogP contribution in [0.3, 0.4) is 0 Å². The van der Waals surface area contributed by atoms with Crippen LogP contribution in [0.4, 0.5) is 0 Å². The molecule has 0 aliphatic carbocycles. The summed E-state index contributed by atoms with van der Waals surface area (Å²) in [5.41, 5.74) is 2.27. The number of epoxide rings is 1. The summed E-state index contributed by atoms with van der Waals surface area (Å²) >= 11 is 6.26. The molecule has 0 spiro atoms. The highest BCUT2D eigenvalue weighted by Gasteiger charge is 2.35. The van der Waals surface area contributed by atoms with Crippen molar-refractivity contribution in [1.82, 2.24) is 0 Å². The van der Waals surface area contributed by atoms with Crippen molar-refractivity contribution in [3.8, 4) is 5.75 Å². The first-order valence-electron chi connectivity index (χ1n) is 7.11. The van der Waals surface area contributed by atoms with Crippen LogP contribution in [-0.2, 0) is 4.74 Å². The topological polar surface area (TPSA) is 21.8 Å². The normalized spacial score (nSPS) is 23.2. The lowest BCUT2D eigenvalue weighted by Crippen LogP contribution is -2.05. The lowest BCUT2D eigenvalue weighted by molar-refractivity contribution is 0.310. The number of halogens is 1. The predicted octanol–water partition coefficient (Wildman–Crippen LogP) is 4.72. The molecule has 1 heterocycles. The summed E-state index contributed by atoms with van der Waals surface area (Å²) in [7, 11) is 0. The maximum atomic E-state index is 6.26. The Balaban J connectivity index is 2.17. The fourth-order valence-corrected chi connectivity index (χ4v) is 2.52. The van der Waals surface area contributed by atoms with Gasteiger partial charge in [-0.05, 0) is 55.9 Å². The minimum absolute atomic E-state index is 0.397. The lowest BCUT2D eigenvalue weighted by Gasteiger charge is -2.18. The molecule has 0 N–H and O–H groups in total. The van der Waals surface area contributed by atoms with Crippen LogP contribution in [0.1, 0.15) is 50.7 Å². The average molecular weight is 283 g/mol. The Morgan fingerprint density at radius 3 is 2.68 bits per heavy atom. The third kappa shape index (κ3) is 3.64. The van der Waals surface area contributed by atoms with Crippen molar-refractivity contribution in [2.45, 2.75) is 58.7 Å². The van der Waals surface area contributed by atoms with Gasteiger partial charge in [0.05, 0.1) is 18.8 Å². The first kappa shape index (κ1) is 14.7. The predicted molar refractivity (Wildman–Crippen MR) is 79.3 cm³/mol. The Hall–Kier alpha value is -0.730. The van der Waals surface area contributed by atoms with E-state index < -0.39 is 0 Å². The monoisotopic (exact) mass is 282 g/mol. The molecule has 0 radical (unpaired) electrons. The fourth-order valence-electron chi connectivity index (χ4n) is 2.35. The van der Waals surface area contributed by atoms with Gasteiger partial charge in [-0.25, -0.2) is 0 Å². The van der Waals surface area contributed by atoms with Gasteiger partial charge in [0.1, 0.15) is 5.75 Å². The molecule has 1 aromatic rings. The molecule has 1 saturated heterocycles. The van der Waals surface area contributed by atoms with Crippen molar-refractivity contribution in [2.75, 3.05) is 6.61 Å². The highest BCUT2D eigenvalue weighted by Crippen LogP contribution is 2.38. The molecule has 0 bridgehead atoms. The van der Waals surface area contributed by atoms with Gasteiger partial charge >= 0.3 is 0 Å². The second-order valence-electron chi connectivity index (χ2n) is 5.50. The zero-order chi connectivity index (χ0) is 14.0. The highest BCUT2D eigenvalue weighted by molar-refractivity contribution is 6.31. The molecule has 1 aliphatic heterocycles. The van der Waals surface area contributed by atoms with Crippen LogP contribution in [0.2, 0.25) is 5.02 Å². The van der Waals surface area contributed by atoms with E-state index in [1.807, 2.05) is 6.92 Å². The van der Waals surface area contributed by atoms with Crippen LogP contribution in [-0.4, -0.2) is 18.8 Å².